The van der Waals surface area contributed by atoms with E-state index < -0.39 is 0 Å². The van der Waals surface area contributed by atoms with Gasteiger partial charge >= 0.3 is 0 Å². The van der Waals surface area contributed by atoms with Crippen molar-refractivity contribution < 1.29 is 14.1 Å². The number of benzene rings is 2. The van der Waals surface area contributed by atoms with Gasteiger partial charge in [-0.2, -0.15) is 4.98 Å². The van der Waals surface area contributed by atoms with E-state index in [-0.39, 0.29) is 11.3 Å². The van der Waals surface area contributed by atoms with Crippen molar-refractivity contribution in [2.45, 2.75) is 45.4 Å². The zero-order chi connectivity index (χ0) is 22.7. The van der Waals surface area contributed by atoms with E-state index in [9.17, 15) is 4.79 Å². The van der Waals surface area contributed by atoms with Crippen LogP contribution in [0.2, 0.25) is 0 Å². The van der Waals surface area contributed by atoms with E-state index >= 15 is 0 Å². The van der Waals surface area contributed by atoms with Gasteiger partial charge in [0.2, 0.25) is 11.7 Å². The van der Waals surface area contributed by atoms with Gasteiger partial charge in [0.1, 0.15) is 5.75 Å². The van der Waals surface area contributed by atoms with Crippen LogP contribution in [0.3, 0.4) is 0 Å². The highest BCUT2D eigenvalue weighted by molar-refractivity contribution is 5.94. The summed E-state index contributed by atoms with van der Waals surface area (Å²) in [6, 6.07) is 15.6. The van der Waals surface area contributed by atoms with E-state index in [0.717, 1.165) is 49.2 Å². The van der Waals surface area contributed by atoms with Crippen LogP contribution in [0, 0.1) is 5.92 Å². The number of hydrogen-bond donors (Lipinski definition) is 0. The molecule has 6 heteroatoms. The Morgan fingerprint density at radius 2 is 1.72 bits per heavy atom. The fraction of sp³-hybridized carbons (Fsp3) is 0.423. The summed E-state index contributed by atoms with van der Waals surface area (Å²) in [5.74, 6) is 2.59. The summed E-state index contributed by atoms with van der Waals surface area (Å²) in [5.41, 5.74) is 2.99. The number of carbonyl (C=O) groups excluding carboxylic acids is 1. The second-order valence-electron chi connectivity index (χ2n) is 9.51. The average molecular weight is 434 g/mol. The molecular weight excluding hydrogens is 402 g/mol. The molecule has 1 aliphatic heterocycles. The van der Waals surface area contributed by atoms with Crippen molar-refractivity contribution in [3.63, 3.8) is 0 Å². The highest BCUT2D eigenvalue weighted by Gasteiger charge is 2.25. The smallest absolute Gasteiger partial charge is 0.253 e. The molecule has 0 bridgehead atoms. The molecule has 1 aromatic heterocycles. The third-order valence-corrected chi connectivity index (χ3v) is 6.18. The molecule has 32 heavy (non-hydrogen) atoms. The molecule has 0 radical (unpaired) electrons. The summed E-state index contributed by atoms with van der Waals surface area (Å²) in [7, 11) is 1.64. The van der Waals surface area contributed by atoms with Crippen molar-refractivity contribution >= 4 is 5.91 Å². The molecule has 2 aromatic carbocycles. The van der Waals surface area contributed by atoms with Gasteiger partial charge in [-0.15, -0.1) is 0 Å². The predicted octanol–water partition coefficient (Wildman–Crippen LogP) is 5.14. The van der Waals surface area contributed by atoms with Crippen LogP contribution in [0.5, 0.6) is 5.75 Å². The lowest BCUT2D eigenvalue weighted by atomic mass is 9.86. The lowest BCUT2D eigenvalue weighted by Gasteiger charge is -2.31. The molecule has 3 aromatic rings. The van der Waals surface area contributed by atoms with Gasteiger partial charge < -0.3 is 14.2 Å². The molecule has 6 nitrogen and oxygen atoms in total. The fourth-order valence-electron chi connectivity index (χ4n) is 4.08. The fourth-order valence-corrected chi connectivity index (χ4v) is 4.08. The second-order valence-corrected chi connectivity index (χ2v) is 9.51. The molecule has 1 saturated heterocycles. The topological polar surface area (TPSA) is 68.5 Å². The minimum Gasteiger partial charge on any atom is -0.497 e. The van der Waals surface area contributed by atoms with Crippen molar-refractivity contribution in [1.29, 1.82) is 0 Å². The van der Waals surface area contributed by atoms with Crippen LogP contribution in [0.1, 0.15) is 55.4 Å². The van der Waals surface area contributed by atoms with Crippen molar-refractivity contribution in [1.82, 2.24) is 15.0 Å². The predicted molar refractivity (Wildman–Crippen MR) is 124 cm³/mol. The minimum atomic E-state index is 0.0852. The summed E-state index contributed by atoms with van der Waals surface area (Å²) in [6.45, 7) is 8.04. The Kier molecular flexibility index (Phi) is 6.31. The van der Waals surface area contributed by atoms with Gasteiger partial charge in [-0.05, 0) is 66.1 Å². The van der Waals surface area contributed by atoms with Crippen LogP contribution in [0.4, 0.5) is 0 Å². The molecule has 0 unspecified atom stereocenters. The molecule has 0 aliphatic carbocycles. The summed E-state index contributed by atoms with van der Waals surface area (Å²) in [6.07, 6.45) is 2.61. The largest absolute Gasteiger partial charge is 0.497 e. The SMILES string of the molecule is COc1ccc(-c2noc(CC3CCN(C(=O)c4ccc(C(C)(C)C)cc4)CC3)n2)cc1. The van der Waals surface area contributed by atoms with Crippen LogP contribution in [-0.2, 0) is 11.8 Å². The third-order valence-electron chi connectivity index (χ3n) is 6.18. The average Bonchev–Trinajstić information content (AvgIpc) is 3.27. The van der Waals surface area contributed by atoms with E-state index in [1.165, 1.54) is 5.56 Å². The molecule has 1 amide bonds. The number of rotatable bonds is 5. The molecule has 0 atom stereocenters. The van der Waals surface area contributed by atoms with Gasteiger partial charge in [0.25, 0.3) is 5.91 Å². The van der Waals surface area contributed by atoms with Crippen LogP contribution in [-0.4, -0.2) is 41.1 Å². The molecular formula is C26H31N3O3. The number of ether oxygens (including phenoxy) is 1. The number of nitrogens with zero attached hydrogens (tertiary/aromatic N) is 3. The minimum absolute atomic E-state index is 0.0852. The van der Waals surface area contributed by atoms with Gasteiger partial charge in [-0.25, -0.2) is 0 Å². The molecule has 1 aliphatic rings. The number of aromatic nitrogens is 2. The first-order chi connectivity index (χ1) is 15.3. The first kappa shape index (κ1) is 22.1. The number of amides is 1. The first-order valence-corrected chi connectivity index (χ1v) is 11.2. The zero-order valence-corrected chi connectivity index (χ0v) is 19.3. The molecule has 2 heterocycles. The Labute approximate surface area is 189 Å². The Hall–Kier alpha value is -3.15. The Morgan fingerprint density at radius 3 is 2.31 bits per heavy atom. The Morgan fingerprint density at radius 1 is 1.06 bits per heavy atom. The van der Waals surface area contributed by atoms with E-state index in [1.54, 1.807) is 7.11 Å². The lowest BCUT2D eigenvalue weighted by Crippen LogP contribution is -2.39. The molecule has 0 spiro atoms. The standard InChI is InChI=1S/C26H31N3O3/c1-26(2,3)21-9-5-20(6-10-21)25(30)29-15-13-18(14-16-29)17-23-27-24(28-32-23)19-7-11-22(31-4)12-8-19/h5-12,18H,13-17H2,1-4H3. The molecule has 1 fully saturated rings. The van der Waals surface area contributed by atoms with E-state index in [1.807, 2.05) is 41.3 Å². The van der Waals surface area contributed by atoms with Crippen LogP contribution < -0.4 is 4.74 Å². The molecule has 0 N–H and O–H groups in total. The number of hydrogen-bond acceptors (Lipinski definition) is 5. The van der Waals surface area contributed by atoms with Gasteiger partial charge in [0.15, 0.2) is 0 Å². The summed E-state index contributed by atoms with van der Waals surface area (Å²) in [4.78, 5) is 19.4. The maximum Gasteiger partial charge on any atom is 0.253 e. The maximum atomic E-state index is 12.9. The van der Waals surface area contributed by atoms with E-state index in [0.29, 0.717) is 17.6 Å². The van der Waals surface area contributed by atoms with Gasteiger partial charge in [0.05, 0.1) is 7.11 Å². The van der Waals surface area contributed by atoms with Gasteiger partial charge in [-0.3, -0.25) is 4.79 Å². The number of piperidine rings is 1. The second kappa shape index (κ2) is 9.15. The van der Waals surface area contributed by atoms with E-state index in [4.69, 9.17) is 9.26 Å². The zero-order valence-electron chi connectivity index (χ0n) is 19.3. The highest BCUT2D eigenvalue weighted by atomic mass is 16.5. The first-order valence-electron chi connectivity index (χ1n) is 11.2. The molecule has 4 rings (SSSR count). The van der Waals surface area contributed by atoms with Crippen molar-refractivity contribution in [2.24, 2.45) is 5.92 Å². The van der Waals surface area contributed by atoms with Crippen molar-refractivity contribution in [3.05, 3.63) is 65.5 Å². The normalized spacial score (nSPS) is 15.1. The summed E-state index contributed by atoms with van der Waals surface area (Å²) >= 11 is 0. The van der Waals surface area contributed by atoms with Crippen LogP contribution in [0.25, 0.3) is 11.4 Å². The van der Waals surface area contributed by atoms with Gasteiger partial charge in [-0.1, -0.05) is 38.1 Å². The van der Waals surface area contributed by atoms with Crippen LogP contribution >= 0.6 is 0 Å². The van der Waals surface area contributed by atoms with Gasteiger partial charge in [0, 0.05) is 30.6 Å². The third kappa shape index (κ3) is 5.01. The Bertz CT molecular complexity index is 1040. The quantitative estimate of drug-likeness (QED) is 0.557. The maximum absolute atomic E-state index is 12.9. The summed E-state index contributed by atoms with van der Waals surface area (Å²) in [5, 5.41) is 4.12. The number of carbonyl (C=O) groups is 1. The summed E-state index contributed by atoms with van der Waals surface area (Å²) < 4.78 is 10.7. The van der Waals surface area contributed by atoms with Crippen LogP contribution in [0.15, 0.2) is 53.1 Å². The number of methoxy groups -OCH3 is 1. The van der Waals surface area contributed by atoms with Crippen molar-refractivity contribution in [3.8, 4) is 17.1 Å². The monoisotopic (exact) mass is 433 g/mol. The Balaban J connectivity index is 1.31. The van der Waals surface area contributed by atoms with E-state index in [2.05, 4.69) is 43.0 Å². The highest BCUT2D eigenvalue weighted by Crippen LogP contribution is 2.26. The van der Waals surface area contributed by atoms with Crippen molar-refractivity contribution in [2.75, 3.05) is 20.2 Å². The number of likely N-dealkylation sites (tertiary alicyclic amines) is 1. The lowest BCUT2D eigenvalue weighted by molar-refractivity contribution is 0.0687. The molecule has 0 saturated carbocycles. The molecule has 168 valence electrons.